The number of hydrogen-bond acceptors (Lipinski definition) is 9. The first kappa shape index (κ1) is 22.6. The van der Waals surface area contributed by atoms with E-state index < -0.39 is 55.4 Å². The molecule has 4 N–H and O–H groups in total. The highest BCUT2D eigenvalue weighted by Crippen LogP contribution is 2.35. The van der Waals surface area contributed by atoms with Crippen molar-refractivity contribution in [2.75, 3.05) is 6.61 Å². The van der Waals surface area contributed by atoms with Crippen LogP contribution in [-0.4, -0.2) is 75.8 Å². The number of allylic oxidation sites excluding steroid dienone is 3. The van der Waals surface area contributed by atoms with Crippen LogP contribution in [0.5, 0.6) is 0 Å². The zero-order chi connectivity index (χ0) is 22.0. The maximum atomic E-state index is 12.8. The Morgan fingerprint density at radius 3 is 2.67 bits per heavy atom. The summed E-state index contributed by atoms with van der Waals surface area (Å²) in [4.78, 5) is 24.8. The van der Waals surface area contributed by atoms with Crippen molar-refractivity contribution in [3.8, 4) is 0 Å². The van der Waals surface area contributed by atoms with Gasteiger partial charge < -0.3 is 34.6 Å². The summed E-state index contributed by atoms with van der Waals surface area (Å²) in [6, 6.07) is 0. The second-order valence-electron chi connectivity index (χ2n) is 7.94. The third-order valence-corrected chi connectivity index (χ3v) is 5.82. The number of ether oxygens (including phenoxy) is 3. The molecule has 166 valence electrons. The van der Waals surface area contributed by atoms with Gasteiger partial charge in [0, 0.05) is 23.5 Å². The summed E-state index contributed by atoms with van der Waals surface area (Å²) in [6.07, 6.45) is -2.49. The molecular weight excluding hydrogens is 396 g/mol. The normalized spacial score (nSPS) is 41.0. The fourth-order valence-corrected chi connectivity index (χ4v) is 3.87. The lowest BCUT2D eigenvalue weighted by Crippen LogP contribution is -2.59. The number of carbonyl (C=O) groups is 2. The van der Waals surface area contributed by atoms with Gasteiger partial charge in [-0.2, -0.15) is 0 Å². The largest absolute Gasteiger partial charge is 0.458 e. The summed E-state index contributed by atoms with van der Waals surface area (Å²) in [7, 11) is 0. The highest BCUT2D eigenvalue weighted by Gasteiger charge is 2.46. The highest BCUT2D eigenvalue weighted by molar-refractivity contribution is 5.92. The van der Waals surface area contributed by atoms with Crippen molar-refractivity contribution >= 4 is 11.9 Å². The van der Waals surface area contributed by atoms with Gasteiger partial charge in [0.15, 0.2) is 0 Å². The summed E-state index contributed by atoms with van der Waals surface area (Å²) in [5.41, 5.74) is 1.73. The Morgan fingerprint density at radius 2 is 1.97 bits per heavy atom. The van der Waals surface area contributed by atoms with Gasteiger partial charge >= 0.3 is 11.9 Å². The summed E-state index contributed by atoms with van der Waals surface area (Å²) in [6.45, 7) is 5.15. The number of aliphatic hydroxyl groups excluding tert-OH is 4. The molecular formula is C21H28O9. The van der Waals surface area contributed by atoms with Crippen molar-refractivity contribution in [2.45, 2.75) is 69.4 Å². The van der Waals surface area contributed by atoms with Gasteiger partial charge in [-0.15, -0.1) is 0 Å². The minimum absolute atomic E-state index is 0.110. The molecule has 0 saturated carbocycles. The maximum Gasteiger partial charge on any atom is 0.336 e. The predicted molar refractivity (Wildman–Crippen MR) is 103 cm³/mol. The number of esters is 2. The third-order valence-electron chi connectivity index (χ3n) is 5.82. The minimum Gasteiger partial charge on any atom is -0.458 e. The second kappa shape index (κ2) is 9.40. The summed E-state index contributed by atoms with van der Waals surface area (Å²) < 4.78 is 15.9. The number of aliphatic hydroxyl groups is 4. The average molecular weight is 424 g/mol. The number of fused-ring (bicyclic) bond motifs is 1. The first-order valence-electron chi connectivity index (χ1n) is 9.98. The van der Waals surface area contributed by atoms with E-state index in [1.54, 1.807) is 6.08 Å². The number of hydrogen-bond donors (Lipinski definition) is 4. The quantitative estimate of drug-likeness (QED) is 0.277. The molecule has 30 heavy (non-hydrogen) atoms. The topological polar surface area (TPSA) is 143 Å². The molecule has 0 bridgehead atoms. The standard InChI is InChI=1S/C21H28O9/c1-10-4-3-5-12(8-14-13(7-6-10)11(2)19(26)28-14)20(27)30-21-18(25)17(24)16(23)15(9-22)29-21/h5-6,13-18,21-25H,2-4,7-9H2,1H3/b10-6+,12-5-/t13-,14-,15-,16-,17+,18-,21+/m1/s1. The summed E-state index contributed by atoms with van der Waals surface area (Å²) in [5.74, 6) is -1.54. The Kier molecular flexibility index (Phi) is 7.10. The molecule has 9 heteroatoms. The van der Waals surface area contributed by atoms with Gasteiger partial charge in [0.1, 0.15) is 30.5 Å². The zero-order valence-electron chi connectivity index (χ0n) is 16.8. The van der Waals surface area contributed by atoms with E-state index in [1.807, 2.05) is 6.92 Å². The van der Waals surface area contributed by atoms with Crippen molar-refractivity contribution in [1.82, 2.24) is 0 Å². The van der Waals surface area contributed by atoms with E-state index in [0.29, 0.717) is 18.4 Å². The van der Waals surface area contributed by atoms with E-state index in [-0.39, 0.29) is 17.9 Å². The smallest absolute Gasteiger partial charge is 0.336 e. The average Bonchev–Trinajstić information content (AvgIpc) is 2.98. The minimum atomic E-state index is -1.69. The van der Waals surface area contributed by atoms with Gasteiger partial charge in [-0.3, -0.25) is 0 Å². The van der Waals surface area contributed by atoms with E-state index in [2.05, 4.69) is 12.7 Å². The molecule has 0 aromatic carbocycles. The molecule has 3 rings (SSSR count). The van der Waals surface area contributed by atoms with Crippen LogP contribution in [-0.2, 0) is 23.8 Å². The predicted octanol–water partition coefficient (Wildman–Crippen LogP) is -0.126. The van der Waals surface area contributed by atoms with Crippen molar-refractivity contribution < 1.29 is 44.2 Å². The Labute approximate surface area is 174 Å². The Bertz CT molecular complexity index is 754. The van der Waals surface area contributed by atoms with E-state index >= 15 is 0 Å². The van der Waals surface area contributed by atoms with Crippen molar-refractivity contribution in [2.24, 2.45) is 5.92 Å². The molecule has 0 unspecified atom stereocenters. The van der Waals surface area contributed by atoms with Crippen LogP contribution in [0.2, 0.25) is 0 Å². The fourth-order valence-electron chi connectivity index (χ4n) is 3.87. The van der Waals surface area contributed by atoms with Gasteiger partial charge in [0.2, 0.25) is 6.29 Å². The van der Waals surface area contributed by atoms with Crippen LogP contribution >= 0.6 is 0 Å². The highest BCUT2D eigenvalue weighted by atomic mass is 16.7. The van der Waals surface area contributed by atoms with Crippen LogP contribution in [0.25, 0.3) is 0 Å². The van der Waals surface area contributed by atoms with E-state index in [0.717, 1.165) is 12.0 Å². The molecule has 2 heterocycles. The third kappa shape index (κ3) is 4.65. The first-order chi connectivity index (χ1) is 14.2. The molecule has 0 spiro atoms. The van der Waals surface area contributed by atoms with Crippen LogP contribution < -0.4 is 0 Å². The Balaban J connectivity index is 1.77. The zero-order valence-corrected chi connectivity index (χ0v) is 16.8. The molecule has 2 saturated heterocycles. The maximum absolute atomic E-state index is 12.8. The van der Waals surface area contributed by atoms with Crippen LogP contribution in [0.3, 0.4) is 0 Å². The van der Waals surface area contributed by atoms with Crippen molar-refractivity contribution in [1.29, 1.82) is 0 Å². The SMILES string of the molecule is C=C1C(=O)O[C@@H]2C/C(C(=O)O[C@@H]3O[C@H](CO)[C@@H](O)[C@H](O)[C@H]3O)=C/CC/C(C)=C/C[C@H]12. The fraction of sp³-hybridized carbons (Fsp3) is 0.619. The van der Waals surface area contributed by atoms with Crippen molar-refractivity contribution in [3.63, 3.8) is 0 Å². The van der Waals surface area contributed by atoms with Crippen LogP contribution in [0.4, 0.5) is 0 Å². The molecule has 9 nitrogen and oxygen atoms in total. The monoisotopic (exact) mass is 424 g/mol. The molecule has 2 aliphatic heterocycles. The van der Waals surface area contributed by atoms with Crippen LogP contribution in [0.1, 0.15) is 32.6 Å². The molecule has 3 aliphatic rings. The molecule has 2 fully saturated rings. The molecule has 1 aliphatic carbocycles. The lowest BCUT2D eigenvalue weighted by molar-refractivity contribution is -0.291. The summed E-state index contributed by atoms with van der Waals surface area (Å²) >= 11 is 0. The van der Waals surface area contributed by atoms with Gasteiger partial charge in [-0.1, -0.05) is 24.3 Å². The van der Waals surface area contributed by atoms with Crippen LogP contribution in [0, 0.1) is 5.92 Å². The van der Waals surface area contributed by atoms with Gasteiger partial charge in [0.05, 0.1) is 6.61 Å². The Hall–Kier alpha value is -2.04. The van der Waals surface area contributed by atoms with E-state index in [9.17, 15) is 30.0 Å². The van der Waals surface area contributed by atoms with Crippen LogP contribution in [0.15, 0.2) is 35.5 Å². The molecule has 0 radical (unpaired) electrons. The van der Waals surface area contributed by atoms with Crippen molar-refractivity contribution in [3.05, 3.63) is 35.5 Å². The van der Waals surface area contributed by atoms with Gasteiger partial charge in [-0.05, 0) is 26.2 Å². The van der Waals surface area contributed by atoms with E-state index in [4.69, 9.17) is 14.2 Å². The van der Waals surface area contributed by atoms with Gasteiger partial charge in [0.25, 0.3) is 0 Å². The summed E-state index contributed by atoms with van der Waals surface area (Å²) in [5, 5.41) is 39.1. The lowest BCUT2D eigenvalue weighted by Gasteiger charge is -2.39. The number of rotatable bonds is 3. The molecule has 0 aromatic heterocycles. The second-order valence-corrected chi connectivity index (χ2v) is 7.94. The van der Waals surface area contributed by atoms with E-state index in [1.165, 1.54) is 0 Å². The Morgan fingerprint density at radius 1 is 1.23 bits per heavy atom. The molecule has 7 atom stereocenters. The molecule has 0 amide bonds. The first-order valence-corrected chi connectivity index (χ1v) is 9.98. The lowest BCUT2D eigenvalue weighted by atomic mass is 9.87. The van der Waals surface area contributed by atoms with Gasteiger partial charge in [-0.25, -0.2) is 9.59 Å². The number of carbonyl (C=O) groups excluding carboxylic acids is 2. The molecule has 0 aromatic rings.